The van der Waals surface area contributed by atoms with Crippen LogP contribution in [-0.2, 0) is 6.54 Å². The highest BCUT2D eigenvalue weighted by molar-refractivity contribution is 5.78. The smallest absolute Gasteiger partial charge is 0.251 e. The molecule has 0 saturated carbocycles. The molecule has 0 spiro atoms. The molecule has 1 aromatic heterocycles. The van der Waals surface area contributed by atoms with Crippen LogP contribution in [-0.4, -0.2) is 17.2 Å². The topological polar surface area (TPSA) is 34.0 Å². The van der Waals surface area contributed by atoms with Gasteiger partial charge in [0.15, 0.2) is 0 Å². The monoisotopic (exact) mass is 244 g/mol. The highest BCUT2D eigenvalue weighted by atomic mass is 16.1. The third kappa shape index (κ3) is 2.79. The maximum Gasteiger partial charge on any atom is 0.251 e. The summed E-state index contributed by atoms with van der Waals surface area (Å²) in [6, 6.07) is 12.0. The number of hydrogen-bond donors (Lipinski definition) is 1. The van der Waals surface area contributed by atoms with Crippen LogP contribution in [0.1, 0.15) is 20.3 Å². The van der Waals surface area contributed by atoms with Gasteiger partial charge in [-0.25, -0.2) is 0 Å². The first-order chi connectivity index (χ1) is 8.72. The third-order valence-corrected chi connectivity index (χ3v) is 3.24. The van der Waals surface area contributed by atoms with Gasteiger partial charge in [0.05, 0.1) is 5.52 Å². The minimum atomic E-state index is 0.0809. The number of nitrogens with one attached hydrogen (secondary N) is 1. The van der Waals surface area contributed by atoms with Gasteiger partial charge in [-0.2, -0.15) is 0 Å². The second-order valence-corrected chi connectivity index (χ2v) is 4.63. The number of fused-ring (bicyclic) bond motifs is 1. The van der Waals surface area contributed by atoms with Gasteiger partial charge in [-0.1, -0.05) is 25.1 Å². The first-order valence-electron chi connectivity index (χ1n) is 6.54. The van der Waals surface area contributed by atoms with Gasteiger partial charge < -0.3 is 9.88 Å². The van der Waals surface area contributed by atoms with E-state index >= 15 is 0 Å². The van der Waals surface area contributed by atoms with Crippen molar-refractivity contribution in [1.82, 2.24) is 9.88 Å². The van der Waals surface area contributed by atoms with Crippen molar-refractivity contribution in [3.63, 3.8) is 0 Å². The molecule has 1 atom stereocenters. The first-order valence-corrected chi connectivity index (χ1v) is 6.54. The summed E-state index contributed by atoms with van der Waals surface area (Å²) in [7, 11) is 0. The average molecular weight is 244 g/mol. The van der Waals surface area contributed by atoms with Crippen LogP contribution in [0.2, 0.25) is 0 Å². The van der Waals surface area contributed by atoms with Crippen molar-refractivity contribution < 1.29 is 0 Å². The van der Waals surface area contributed by atoms with Gasteiger partial charge in [-0.15, -0.1) is 0 Å². The zero-order chi connectivity index (χ0) is 13.0. The Labute approximate surface area is 107 Å². The summed E-state index contributed by atoms with van der Waals surface area (Å²) in [6.07, 6.45) is 0.960. The van der Waals surface area contributed by atoms with E-state index in [4.69, 9.17) is 0 Å². The number of hydrogen-bond acceptors (Lipinski definition) is 2. The van der Waals surface area contributed by atoms with Crippen LogP contribution in [0, 0.1) is 0 Å². The van der Waals surface area contributed by atoms with E-state index in [9.17, 15) is 4.79 Å². The molecule has 3 nitrogen and oxygen atoms in total. The van der Waals surface area contributed by atoms with Crippen molar-refractivity contribution in [2.75, 3.05) is 6.54 Å². The molecule has 1 heterocycles. The molecule has 0 amide bonds. The van der Waals surface area contributed by atoms with E-state index in [0.29, 0.717) is 6.04 Å². The van der Waals surface area contributed by atoms with Crippen molar-refractivity contribution in [3.8, 4) is 0 Å². The second kappa shape index (κ2) is 5.83. The molecule has 3 heteroatoms. The number of aryl methyl sites for hydroxylation is 1. The molecule has 2 aromatic rings. The van der Waals surface area contributed by atoms with Gasteiger partial charge in [-0.3, -0.25) is 4.79 Å². The zero-order valence-corrected chi connectivity index (χ0v) is 11.0. The van der Waals surface area contributed by atoms with Crippen LogP contribution in [0.25, 0.3) is 10.9 Å². The molecule has 1 unspecified atom stereocenters. The van der Waals surface area contributed by atoms with E-state index in [1.54, 1.807) is 6.07 Å². The summed E-state index contributed by atoms with van der Waals surface area (Å²) in [5, 5.41) is 4.49. The molecule has 0 aliphatic heterocycles. The number of para-hydroxylation sites is 1. The molecule has 0 fully saturated rings. The molecular weight excluding hydrogens is 224 g/mol. The normalized spacial score (nSPS) is 12.8. The number of aromatic nitrogens is 1. The minimum absolute atomic E-state index is 0.0809. The van der Waals surface area contributed by atoms with Crippen molar-refractivity contribution in [2.45, 2.75) is 32.9 Å². The van der Waals surface area contributed by atoms with Gasteiger partial charge in [0.1, 0.15) is 0 Å². The van der Waals surface area contributed by atoms with Gasteiger partial charge in [0, 0.05) is 18.7 Å². The fraction of sp³-hybridized carbons (Fsp3) is 0.400. The average Bonchev–Trinajstić information content (AvgIpc) is 2.38. The van der Waals surface area contributed by atoms with Gasteiger partial charge in [-0.05, 0) is 37.4 Å². The summed E-state index contributed by atoms with van der Waals surface area (Å²) in [6.45, 7) is 5.97. The number of pyridine rings is 1. The maximum absolute atomic E-state index is 11.9. The Kier molecular flexibility index (Phi) is 4.15. The lowest BCUT2D eigenvalue weighted by Gasteiger charge is -2.14. The van der Waals surface area contributed by atoms with E-state index < -0.39 is 0 Å². The van der Waals surface area contributed by atoms with Crippen molar-refractivity contribution in [3.05, 3.63) is 46.8 Å². The molecule has 18 heavy (non-hydrogen) atoms. The lowest BCUT2D eigenvalue weighted by atomic mass is 10.2. The van der Waals surface area contributed by atoms with E-state index in [2.05, 4.69) is 19.2 Å². The number of benzene rings is 1. The summed E-state index contributed by atoms with van der Waals surface area (Å²) < 4.78 is 1.86. The number of nitrogens with zero attached hydrogens (tertiary/aromatic N) is 1. The molecule has 96 valence electrons. The molecular formula is C15H20N2O. The highest BCUT2D eigenvalue weighted by Gasteiger charge is 2.05. The fourth-order valence-electron chi connectivity index (χ4n) is 2.25. The molecule has 0 aliphatic carbocycles. The lowest BCUT2D eigenvalue weighted by Crippen LogP contribution is -2.29. The quantitative estimate of drug-likeness (QED) is 0.876. The van der Waals surface area contributed by atoms with Crippen LogP contribution >= 0.6 is 0 Å². The van der Waals surface area contributed by atoms with Crippen LogP contribution in [0.15, 0.2) is 41.2 Å². The van der Waals surface area contributed by atoms with Crippen LogP contribution in [0.3, 0.4) is 0 Å². The van der Waals surface area contributed by atoms with E-state index in [0.717, 1.165) is 30.4 Å². The van der Waals surface area contributed by atoms with E-state index in [-0.39, 0.29) is 5.56 Å². The van der Waals surface area contributed by atoms with Gasteiger partial charge in [0.25, 0.3) is 5.56 Å². The maximum atomic E-state index is 11.9. The van der Waals surface area contributed by atoms with Crippen LogP contribution in [0.4, 0.5) is 0 Å². The fourth-order valence-corrected chi connectivity index (χ4v) is 2.25. The molecule has 0 aliphatic rings. The zero-order valence-electron chi connectivity index (χ0n) is 11.0. The molecule has 1 aromatic carbocycles. The molecule has 0 radical (unpaired) electrons. The number of rotatable bonds is 5. The minimum Gasteiger partial charge on any atom is -0.314 e. The molecule has 0 bridgehead atoms. The predicted octanol–water partition coefficient (Wildman–Crippen LogP) is 2.39. The Bertz CT molecular complexity index is 574. The predicted molar refractivity (Wildman–Crippen MR) is 76.0 cm³/mol. The van der Waals surface area contributed by atoms with Crippen molar-refractivity contribution in [1.29, 1.82) is 0 Å². The van der Waals surface area contributed by atoms with Crippen molar-refractivity contribution >= 4 is 10.9 Å². The Morgan fingerprint density at radius 2 is 2.00 bits per heavy atom. The van der Waals surface area contributed by atoms with Gasteiger partial charge >= 0.3 is 0 Å². The van der Waals surface area contributed by atoms with Crippen LogP contribution in [0.5, 0.6) is 0 Å². The SMILES string of the molecule is CCNC(C)CCn1c(=O)ccc2ccccc21. The molecule has 1 N–H and O–H groups in total. The Morgan fingerprint density at radius 1 is 1.22 bits per heavy atom. The first kappa shape index (κ1) is 12.8. The Balaban J connectivity index is 2.26. The van der Waals surface area contributed by atoms with E-state index in [1.807, 2.05) is 34.9 Å². The van der Waals surface area contributed by atoms with Crippen molar-refractivity contribution in [2.24, 2.45) is 0 Å². The van der Waals surface area contributed by atoms with E-state index in [1.165, 1.54) is 0 Å². The molecule has 0 saturated heterocycles. The highest BCUT2D eigenvalue weighted by Crippen LogP contribution is 2.11. The standard InChI is InChI=1S/C15H20N2O/c1-3-16-12(2)10-11-17-14-7-5-4-6-13(14)8-9-15(17)18/h4-9,12,16H,3,10-11H2,1-2H3. The summed E-state index contributed by atoms with van der Waals surface area (Å²) in [5.41, 5.74) is 1.10. The summed E-state index contributed by atoms with van der Waals surface area (Å²) >= 11 is 0. The van der Waals surface area contributed by atoms with Gasteiger partial charge in [0.2, 0.25) is 0 Å². The lowest BCUT2D eigenvalue weighted by molar-refractivity contribution is 0.488. The summed E-state index contributed by atoms with van der Waals surface area (Å²) in [4.78, 5) is 11.9. The largest absolute Gasteiger partial charge is 0.314 e. The third-order valence-electron chi connectivity index (χ3n) is 3.24. The molecule has 2 rings (SSSR count). The Morgan fingerprint density at radius 3 is 2.78 bits per heavy atom. The summed E-state index contributed by atoms with van der Waals surface area (Å²) in [5.74, 6) is 0. The Hall–Kier alpha value is -1.61. The van der Waals surface area contributed by atoms with Crippen LogP contribution < -0.4 is 10.9 Å². The second-order valence-electron chi connectivity index (χ2n) is 4.63.